The predicted octanol–water partition coefficient (Wildman–Crippen LogP) is 5.30. The van der Waals surface area contributed by atoms with Gasteiger partial charge in [-0.3, -0.25) is 0 Å². The minimum Gasteiger partial charge on any atom is -0.306 e. The molecule has 0 aliphatic rings. The second kappa shape index (κ2) is 6.71. The highest BCUT2D eigenvalue weighted by molar-refractivity contribution is 9.10. The van der Waals surface area contributed by atoms with Gasteiger partial charge < -0.3 is 10.6 Å². The fraction of sp³-hybridized carbons (Fsp3) is 0.0769. The molecule has 23 heavy (non-hydrogen) atoms. The number of amides is 2. The molecule has 0 saturated carbocycles. The van der Waals surface area contributed by atoms with Gasteiger partial charge in [-0.2, -0.15) is 13.2 Å². The molecule has 2 rings (SSSR count). The first-order valence-electron chi connectivity index (χ1n) is 5.93. The van der Waals surface area contributed by atoms with E-state index in [0.29, 0.717) is 10.5 Å². The highest BCUT2D eigenvalue weighted by atomic mass is 79.9. The topological polar surface area (TPSA) is 54.0 Å². The van der Waals surface area contributed by atoms with Crippen molar-refractivity contribution < 1.29 is 22.4 Å². The van der Waals surface area contributed by atoms with Gasteiger partial charge in [0.2, 0.25) is 0 Å². The molecule has 1 heterocycles. The largest absolute Gasteiger partial charge is 0.419 e. The van der Waals surface area contributed by atoms with Crippen molar-refractivity contribution in [3.63, 3.8) is 0 Å². The summed E-state index contributed by atoms with van der Waals surface area (Å²) in [6, 6.07) is 2.95. The Morgan fingerprint density at radius 2 is 1.87 bits per heavy atom. The summed E-state index contributed by atoms with van der Waals surface area (Å²) in [5.41, 5.74) is -1.85. The zero-order chi connectivity index (χ0) is 17.2. The Bertz CT molecular complexity index is 754. The van der Waals surface area contributed by atoms with Crippen LogP contribution < -0.4 is 10.6 Å². The lowest BCUT2D eigenvalue weighted by atomic mass is 10.2. The minimum absolute atomic E-state index is 0.0914. The summed E-state index contributed by atoms with van der Waals surface area (Å²) in [4.78, 5) is 15.5. The molecule has 0 fully saturated rings. The summed E-state index contributed by atoms with van der Waals surface area (Å²) >= 11 is 8.78. The van der Waals surface area contributed by atoms with Crippen molar-refractivity contribution in [2.24, 2.45) is 0 Å². The molecule has 0 unspecified atom stereocenters. The van der Waals surface area contributed by atoms with Crippen LogP contribution in [0.1, 0.15) is 5.56 Å². The first kappa shape index (κ1) is 17.5. The molecule has 1 aromatic carbocycles. The van der Waals surface area contributed by atoms with Crippen molar-refractivity contribution in [1.82, 2.24) is 4.98 Å². The van der Waals surface area contributed by atoms with E-state index >= 15 is 0 Å². The van der Waals surface area contributed by atoms with Gasteiger partial charge in [0.1, 0.15) is 5.15 Å². The summed E-state index contributed by atoms with van der Waals surface area (Å²) in [6.45, 7) is 0. The molecule has 2 N–H and O–H groups in total. The van der Waals surface area contributed by atoms with Crippen molar-refractivity contribution >= 4 is 44.9 Å². The van der Waals surface area contributed by atoms with Gasteiger partial charge in [-0.05, 0) is 28.1 Å². The molecular formula is C13H7BrClF4N3O. The first-order chi connectivity index (χ1) is 10.7. The standard InChI is InChI=1S/C13H7BrClF4N3O/c14-7-5-20-10(15)4-9(7)22-12(23)21-8-3-1-2-6(11(8)16)13(17,18)19/h1-5H,(H2,20,21,22,23). The lowest BCUT2D eigenvalue weighted by molar-refractivity contribution is -0.139. The molecule has 0 aliphatic carbocycles. The van der Waals surface area contributed by atoms with Crippen LogP contribution in [0.2, 0.25) is 5.15 Å². The molecular weight excluding hydrogens is 406 g/mol. The maximum Gasteiger partial charge on any atom is 0.419 e. The van der Waals surface area contributed by atoms with Gasteiger partial charge >= 0.3 is 12.2 Å². The SMILES string of the molecule is O=C(Nc1cc(Cl)ncc1Br)Nc1cccc(C(F)(F)F)c1F. The van der Waals surface area contributed by atoms with Crippen molar-refractivity contribution in [2.75, 3.05) is 10.6 Å². The number of nitrogens with one attached hydrogen (secondary N) is 2. The fourth-order valence-corrected chi connectivity index (χ4v) is 2.11. The molecule has 122 valence electrons. The van der Waals surface area contributed by atoms with Crippen LogP contribution in [0.5, 0.6) is 0 Å². The second-order valence-electron chi connectivity index (χ2n) is 4.23. The van der Waals surface area contributed by atoms with E-state index in [1.165, 1.54) is 12.3 Å². The summed E-state index contributed by atoms with van der Waals surface area (Å²) in [7, 11) is 0. The Hall–Kier alpha value is -1.87. The first-order valence-corrected chi connectivity index (χ1v) is 7.10. The highest BCUT2D eigenvalue weighted by Gasteiger charge is 2.35. The van der Waals surface area contributed by atoms with Crippen LogP contribution in [0.3, 0.4) is 0 Å². The number of aromatic nitrogens is 1. The number of alkyl halides is 3. The Kier molecular flexibility index (Phi) is 5.10. The molecule has 1 aromatic heterocycles. The third-order valence-electron chi connectivity index (χ3n) is 2.62. The van der Waals surface area contributed by atoms with E-state index < -0.39 is 29.3 Å². The fourth-order valence-electron chi connectivity index (χ4n) is 1.63. The van der Waals surface area contributed by atoms with E-state index in [1.54, 1.807) is 0 Å². The molecule has 2 amide bonds. The lowest BCUT2D eigenvalue weighted by Crippen LogP contribution is -2.21. The van der Waals surface area contributed by atoms with Crippen LogP contribution in [0.25, 0.3) is 0 Å². The summed E-state index contributed by atoms with van der Waals surface area (Å²) in [5.74, 6) is -1.57. The molecule has 0 aliphatic heterocycles. The van der Waals surface area contributed by atoms with Crippen LogP contribution in [-0.2, 0) is 6.18 Å². The van der Waals surface area contributed by atoms with Gasteiger partial charge in [0.25, 0.3) is 0 Å². The molecule has 4 nitrogen and oxygen atoms in total. The quantitative estimate of drug-likeness (QED) is 0.519. The zero-order valence-electron chi connectivity index (χ0n) is 11.0. The summed E-state index contributed by atoms with van der Waals surface area (Å²) < 4.78 is 52.0. The number of anilines is 2. The predicted molar refractivity (Wildman–Crippen MR) is 81.0 cm³/mol. The van der Waals surface area contributed by atoms with Gasteiger partial charge in [0.15, 0.2) is 5.82 Å². The Morgan fingerprint density at radius 1 is 1.22 bits per heavy atom. The lowest BCUT2D eigenvalue weighted by Gasteiger charge is -2.13. The van der Waals surface area contributed by atoms with E-state index in [9.17, 15) is 22.4 Å². The van der Waals surface area contributed by atoms with Gasteiger partial charge in [-0.15, -0.1) is 0 Å². The van der Waals surface area contributed by atoms with E-state index in [1.807, 2.05) is 5.32 Å². The van der Waals surface area contributed by atoms with Crippen molar-refractivity contribution in [3.05, 3.63) is 51.5 Å². The van der Waals surface area contributed by atoms with E-state index in [-0.39, 0.29) is 10.8 Å². The number of hydrogen-bond donors (Lipinski definition) is 2. The van der Waals surface area contributed by atoms with Crippen LogP contribution >= 0.6 is 27.5 Å². The van der Waals surface area contributed by atoms with E-state index in [4.69, 9.17) is 11.6 Å². The molecule has 0 atom stereocenters. The van der Waals surface area contributed by atoms with Crippen LogP contribution in [0.15, 0.2) is 34.9 Å². The van der Waals surface area contributed by atoms with Crippen LogP contribution in [0, 0.1) is 5.82 Å². The van der Waals surface area contributed by atoms with Gasteiger partial charge in [0, 0.05) is 12.3 Å². The summed E-state index contributed by atoms with van der Waals surface area (Å²) in [5, 5.41) is 4.42. The molecule has 0 bridgehead atoms. The Balaban J connectivity index is 2.19. The maximum atomic E-state index is 13.8. The van der Waals surface area contributed by atoms with Crippen molar-refractivity contribution in [2.45, 2.75) is 6.18 Å². The number of benzene rings is 1. The zero-order valence-corrected chi connectivity index (χ0v) is 13.4. The minimum atomic E-state index is -4.86. The Morgan fingerprint density at radius 3 is 2.52 bits per heavy atom. The molecule has 0 saturated heterocycles. The summed E-state index contributed by atoms with van der Waals surface area (Å²) in [6.07, 6.45) is -3.54. The highest BCUT2D eigenvalue weighted by Crippen LogP contribution is 2.34. The van der Waals surface area contributed by atoms with Crippen LogP contribution in [-0.4, -0.2) is 11.0 Å². The number of carbonyl (C=O) groups excluding carboxylic acids is 1. The number of urea groups is 1. The van der Waals surface area contributed by atoms with Gasteiger partial charge in [-0.25, -0.2) is 14.2 Å². The number of pyridine rings is 1. The van der Waals surface area contributed by atoms with Crippen molar-refractivity contribution in [1.29, 1.82) is 0 Å². The maximum absolute atomic E-state index is 13.8. The average molecular weight is 413 g/mol. The van der Waals surface area contributed by atoms with E-state index in [2.05, 4.69) is 26.2 Å². The third kappa shape index (κ3) is 4.32. The van der Waals surface area contributed by atoms with Crippen molar-refractivity contribution in [3.8, 4) is 0 Å². The number of hydrogen-bond acceptors (Lipinski definition) is 2. The average Bonchev–Trinajstić information content (AvgIpc) is 2.44. The van der Waals surface area contributed by atoms with E-state index in [0.717, 1.165) is 12.1 Å². The molecule has 10 heteroatoms. The number of halogens is 6. The van der Waals surface area contributed by atoms with Gasteiger partial charge in [0.05, 0.1) is 21.4 Å². The number of rotatable bonds is 2. The normalized spacial score (nSPS) is 11.2. The number of nitrogens with zero attached hydrogens (tertiary/aromatic N) is 1. The number of carbonyl (C=O) groups is 1. The third-order valence-corrected chi connectivity index (χ3v) is 3.46. The molecule has 2 aromatic rings. The Labute approximate surface area is 141 Å². The monoisotopic (exact) mass is 411 g/mol. The second-order valence-corrected chi connectivity index (χ2v) is 5.47. The molecule has 0 radical (unpaired) electrons. The van der Waals surface area contributed by atoms with Gasteiger partial charge in [-0.1, -0.05) is 17.7 Å². The molecule has 0 spiro atoms. The smallest absolute Gasteiger partial charge is 0.306 e. The van der Waals surface area contributed by atoms with Crippen LogP contribution in [0.4, 0.5) is 33.7 Å².